The first-order chi connectivity index (χ1) is 9.42. The zero-order chi connectivity index (χ0) is 14.8. The summed E-state index contributed by atoms with van der Waals surface area (Å²) in [5.74, 6) is -0.206. The van der Waals surface area contributed by atoms with E-state index in [9.17, 15) is 4.39 Å². The molecule has 0 amide bonds. The van der Waals surface area contributed by atoms with Gasteiger partial charge in [-0.1, -0.05) is 37.3 Å². The summed E-state index contributed by atoms with van der Waals surface area (Å²) in [5.41, 5.74) is 10.4. The lowest BCUT2D eigenvalue weighted by molar-refractivity contribution is 0.488. The average Bonchev–Trinajstić information content (AvgIpc) is 2.43. The maximum Gasteiger partial charge on any atom is 0.123 e. The highest BCUT2D eigenvalue weighted by atomic mass is 19.1. The first kappa shape index (κ1) is 14.7. The molecule has 0 aliphatic heterocycles. The Morgan fingerprint density at radius 1 is 1.10 bits per heavy atom. The first-order valence-corrected chi connectivity index (χ1v) is 7.05. The van der Waals surface area contributed by atoms with Crippen LogP contribution in [0.3, 0.4) is 0 Å². The summed E-state index contributed by atoms with van der Waals surface area (Å²) in [6.07, 6.45) is 1.65. The van der Waals surface area contributed by atoms with Gasteiger partial charge in [0.2, 0.25) is 0 Å². The SMILES string of the molecule is CCc1ccc(C(C)(N)Cc2cc(F)ccc2C)cc1. The van der Waals surface area contributed by atoms with Crippen molar-refractivity contribution in [2.45, 2.75) is 39.2 Å². The Labute approximate surface area is 120 Å². The molecule has 2 aromatic carbocycles. The fraction of sp³-hybridized carbons (Fsp3) is 0.333. The first-order valence-electron chi connectivity index (χ1n) is 7.05. The van der Waals surface area contributed by atoms with Crippen molar-refractivity contribution < 1.29 is 4.39 Å². The molecule has 106 valence electrons. The minimum atomic E-state index is -0.495. The van der Waals surface area contributed by atoms with Crippen LogP contribution in [0.4, 0.5) is 4.39 Å². The van der Waals surface area contributed by atoms with Crippen molar-refractivity contribution in [1.82, 2.24) is 0 Å². The molecule has 2 aromatic rings. The number of halogens is 1. The summed E-state index contributed by atoms with van der Waals surface area (Å²) in [6, 6.07) is 13.3. The monoisotopic (exact) mass is 271 g/mol. The molecule has 0 spiro atoms. The summed E-state index contributed by atoms with van der Waals surface area (Å²) in [5, 5.41) is 0. The standard InChI is InChI=1S/C18H22FN/c1-4-14-6-8-16(9-7-14)18(3,20)12-15-11-17(19)10-5-13(15)2/h5-11H,4,12,20H2,1-3H3. The molecule has 0 aliphatic carbocycles. The highest BCUT2D eigenvalue weighted by Crippen LogP contribution is 2.25. The second-order valence-corrected chi connectivity index (χ2v) is 5.72. The molecule has 2 rings (SSSR count). The van der Waals surface area contributed by atoms with Crippen LogP contribution in [0.5, 0.6) is 0 Å². The highest BCUT2D eigenvalue weighted by molar-refractivity contribution is 5.33. The Morgan fingerprint density at radius 2 is 1.75 bits per heavy atom. The molecule has 0 saturated carbocycles. The van der Waals surface area contributed by atoms with Crippen molar-refractivity contribution >= 4 is 0 Å². The summed E-state index contributed by atoms with van der Waals surface area (Å²) >= 11 is 0. The van der Waals surface area contributed by atoms with Crippen LogP contribution in [0.2, 0.25) is 0 Å². The molecule has 0 aliphatic rings. The van der Waals surface area contributed by atoms with Gasteiger partial charge in [-0.2, -0.15) is 0 Å². The van der Waals surface area contributed by atoms with Gasteiger partial charge in [0.15, 0.2) is 0 Å². The number of hydrogen-bond acceptors (Lipinski definition) is 1. The molecular formula is C18H22FN. The lowest BCUT2D eigenvalue weighted by atomic mass is 9.85. The highest BCUT2D eigenvalue weighted by Gasteiger charge is 2.22. The third kappa shape index (κ3) is 3.26. The van der Waals surface area contributed by atoms with Crippen LogP contribution >= 0.6 is 0 Å². The van der Waals surface area contributed by atoms with Gasteiger partial charge in [0.25, 0.3) is 0 Å². The van der Waals surface area contributed by atoms with Crippen molar-refractivity contribution in [1.29, 1.82) is 0 Å². The van der Waals surface area contributed by atoms with E-state index in [-0.39, 0.29) is 5.82 Å². The molecule has 0 bridgehead atoms. The lowest BCUT2D eigenvalue weighted by Gasteiger charge is -2.26. The van der Waals surface area contributed by atoms with Crippen molar-refractivity contribution in [3.05, 3.63) is 70.5 Å². The third-order valence-corrected chi connectivity index (χ3v) is 3.89. The van der Waals surface area contributed by atoms with Gasteiger partial charge >= 0.3 is 0 Å². The molecule has 0 aromatic heterocycles. The molecular weight excluding hydrogens is 249 g/mol. The molecule has 0 fully saturated rings. The van der Waals surface area contributed by atoms with Crippen molar-refractivity contribution in [2.24, 2.45) is 5.73 Å². The Bertz CT molecular complexity index is 585. The van der Waals surface area contributed by atoms with Crippen LogP contribution in [-0.2, 0) is 18.4 Å². The summed E-state index contributed by atoms with van der Waals surface area (Å²) in [7, 11) is 0. The van der Waals surface area contributed by atoms with Gasteiger partial charge < -0.3 is 5.73 Å². The van der Waals surface area contributed by atoms with E-state index >= 15 is 0 Å². The van der Waals surface area contributed by atoms with Gasteiger partial charge in [-0.3, -0.25) is 0 Å². The summed E-state index contributed by atoms with van der Waals surface area (Å²) < 4.78 is 13.4. The minimum absolute atomic E-state index is 0.206. The van der Waals surface area contributed by atoms with Gasteiger partial charge in [-0.15, -0.1) is 0 Å². The van der Waals surface area contributed by atoms with Crippen molar-refractivity contribution in [3.63, 3.8) is 0 Å². The van der Waals surface area contributed by atoms with Crippen LogP contribution < -0.4 is 5.73 Å². The van der Waals surface area contributed by atoms with E-state index in [1.807, 2.05) is 13.8 Å². The molecule has 2 N–H and O–H groups in total. The van der Waals surface area contributed by atoms with E-state index in [0.29, 0.717) is 6.42 Å². The van der Waals surface area contributed by atoms with E-state index in [4.69, 9.17) is 5.73 Å². The fourth-order valence-electron chi connectivity index (χ4n) is 2.45. The van der Waals surface area contributed by atoms with E-state index in [0.717, 1.165) is 23.1 Å². The lowest BCUT2D eigenvalue weighted by Crippen LogP contribution is -2.35. The van der Waals surface area contributed by atoms with E-state index < -0.39 is 5.54 Å². The molecule has 1 nitrogen and oxygen atoms in total. The maximum absolute atomic E-state index is 13.4. The number of benzene rings is 2. The molecule has 0 radical (unpaired) electrons. The molecule has 1 unspecified atom stereocenters. The maximum atomic E-state index is 13.4. The number of nitrogens with two attached hydrogens (primary N) is 1. The largest absolute Gasteiger partial charge is 0.321 e. The Balaban J connectivity index is 2.27. The van der Waals surface area contributed by atoms with Crippen LogP contribution in [-0.4, -0.2) is 0 Å². The molecule has 0 saturated heterocycles. The summed E-state index contributed by atoms with van der Waals surface area (Å²) in [4.78, 5) is 0. The predicted molar refractivity (Wildman–Crippen MR) is 82.2 cm³/mol. The average molecular weight is 271 g/mol. The van der Waals surface area contributed by atoms with Crippen LogP contribution in [0.15, 0.2) is 42.5 Å². The van der Waals surface area contributed by atoms with E-state index in [1.165, 1.54) is 11.6 Å². The van der Waals surface area contributed by atoms with Crippen LogP contribution in [0.1, 0.15) is 36.1 Å². The summed E-state index contributed by atoms with van der Waals surface area (Å²) in [6.45, 7) is 6.12. The van der Waals surface area contributed by atoms with Crippen LogP contribution in [0, 0.1) is 12.7 Å². The quantitative estimate of drug-likeness (QED) is 0.889. The predicted octanol–water partition coefficient (Wildman–Crippen LogP) is 4.11. The third-order valence-electron chi connectivity index (χ3n) is 3.89. The normalized spacial score (nSPS) is 14.1. The zero-order valence-electron chi connectivity index (χ0n) is 12.4. The Hall–Kier alpha value is -1.67. The van der Waals surface area contributed by atoms with Gasteiger partial charge in [0.1, 0.15) is 5.82 Å². The molecule has 20 heavy (non-hydrogen) atoms. The van der Waals surface area contributed by atoms with Gasteiger partial charge in [0, 0.05) is 5.54 Å². The second-order valence-electron chi connectivity index (χ2n) is 5.72. The van der Waals surface area contributed by atoms with Crippen molar-refractivity contribution in [2.75, 3.05) is 0 Å². The number of rotatable bonds is 4. The number of hydrogen-bond donors (Lipinski definition) is 1. The van der Waals surface area contributed by atoms with Gasteiger partial charge in [-0.05, 0) is 61.1 Å². The number of aryl methyl sites for hydroxylation is 2. The topological polar surface area (TPSA) is 26.0 Å². The Kier molecular flexibility index (Phi) is 4.24. The van der Waals surface area contributed by atoms with E-state index in [2.05, 4.69) is 31.2 Å². The fourth-order valence-corrected chi connectivity index (χ4v) is 2.45. The van der Waals surface area contributed by atoms with E-state index in [1.54, 1.807) is 12.1 Å². The van der Waals surface area contributed by atoms with Crippen LogP contribution in [0.25, 0.3) is 0 Å². The zero-order valence-corrected chi connectivity index (χ0v) is 12.4. The Morgan fingerprint density at radius 3 is 2.35 bits per heavy atom. The van der Waals surface area contributed by atoms with Gasteiger partial charge in [-0.25, -0.2) is 4.39 Å². The molecule has 0 heterocycles. The smallest absolute Gasteiger partial charge is 0.123 e. The second kappa shape index (κ2) is 5.76. The van der Waals surface area contributed by atoms with Crippen molar-refractivity contribution in [3.8, 4) is 0 Å². The molecule has 2 heteroatoms. The van der Waals surface area contributed by atoms with Gasteiger partial charge in [0.05, 0.1) is 0 Å². The minimum Gasteiger partial charge on any atom is -0.321 e. The molecule has 1 atom stereocenters.